The molecule has 0 unspecified atom stereocenters. The van der Waals surface area contributed by atoms with E-state index in [0.717, 1.165) is 5.69 Å². The Morgan fingerprint density at radius 1 is 0.960 bits per heavy atom. The highest BCUT2D eigenvalue weighted by atomic mass is 16.6. The average molecular weight is 350 g/mol. The first-order chi connectivity index (χ1) is 11.8. The molecule has 1 rings (SSSR count). The quantitative estimate of drug-likeness (QED) is 0.330. The normalized spacial score (nSPS) is 14.2. The van der Waals surface area contributed by atoms with Gasteiger partial charge in [0.15, 0.2) is 12.2 Å². The molecule has 25 heavy (non-hydrogen) atoms. The van der Waals surface area contributed by atoms with E-state index in [1.165, 1.54) is 33.9 Å². The van der Waals surface area contributed by atoms with Crippen LogP contribution in [0, 0.1) is 0 Å². The Kier molecular flexibility index (Phi) is 8.11. The van der Waals surface area contributed by atoms with Crippen LogP contribution in [0.3, 0.4) is 0 Å². The number of benzene rings is 1. The van der Waals surface area contributed by atoms with Crippen molar-refractivity contribution in [2.45, 2.75) is 46.0 Å². The van der Waals surface area contributed by atoms with E-state index in [0.29, 0.717) is 0 Å². The van der Waals surface area contributed by atoms with Crippen molar-refractivity contribution in [2.75, 3.05) is 5.43 Å². The zero-order valence-electron chi connectivity index (χ0n) is 14.6. The molecule has 0 amide bonds. The van der Waals surface area contributed by atoms with Gasteiger partial charge in [0, 0.05) is 20.8 Å². The van der Waals surface area contributed by atoms with Gasteiger partial charge in [0.2, 0.25) is 0 Å². The molecule has 0 saturated carbocycles. The van der Waals surface area contributed by atoms with Crippen molar-refractivity contribution in [1.29, 1.82) is 0 Å². The summed E-state index contributed by atoms with van der Waals surface area (Å²) in [5, 5.41) is 4.00. The highest BCUT2D eigenvalue weighted by Crippen LogP contribution is 2.13. The molecule has 0 aliphatic carbocycles. The zero-order chi connectivity index (χ0) is 18.8. The Hall–Kier alpha value is -2.90. The summed E-state index contributed by atoms with van der Waals surface area (Å²) in [6.45, 7) is 5.18. The molecule has 0 aromatic heterocycles. The van der Waals surface area contributed by atoms with Crippen molar-refractivity contribution in [3.05, 3.63) is 30.3 Å². The van der Waals surface area contributed by atoms with E-state index in [1.54, 1.807) is 12.1 Å². The molecule has 8 heteroatoms. The number of hydrazone groups is 1. The standard InChI is InChI=1S/C17H22N2O6/c1-11(23-12(2)20)17(25-14(4)22)16(24-13(3)21)10-18-19-15-8-6-5-7-9-15/h5-11,16-17,19H,1-4H3/b18-10+/t11-,16-,17-/m0/s1. The van der Waals surface area contributed by atoms with E-state index in [-0.39, 0.29) is 0 Å². The molecular weight excluding hydrogens is 328 g/mol. The summed E-state index contributed by atoms with van der Waals surface area (Å²) in [6, 6.07) is 9.10. The van der Waals surface area contributed by atoms with E-state index < -0.39 is 36.2 Å². The number of carbonyl (C=O) groups excluding carboxylic acids is 3. The van der Waals surface area contributed by atoms with E-state index >= 15 is 0 Å². The van der Waals surface area contributed by atoms with Gasteiger partial charge in [-0.15, -0.1) is 0 Å². The summed E-state index contributed by atoms with van der Waals surface area (Å²) in [6.07, 6.45) is -1.63. The Morgan fingerprint density at radius 2 is 1.52 bits per heavy atom. The molecule has 1 aromatic carbocycles. The predicted molar refractivity (Wildman–Crippen MR) is 90.9 cm³/mol. The minimum absolute atomic E-state index is 0.550. The zero-order valence-corrected chi connectivity index (χ0v) is 14.6. The molecule has 3 atom stereocenters. The smallest absolute Gasteiger partial charge is 0.303 e. The van der Waals surface area contributed by atoms with Gasteiger partial charge in [-0.05, 0) is 19.1 Å². The first kappa shape index (κ1) is 20.1. The van der Waals surface area contributed by atoms with Gasteiger partial charge in [-0.25, -0.2) is 0 Å². The van der Waals surface area contributed by atoms with E-state index in [4.69, 9.17) is 14.2 Å². The third-order valence-electron chi connectivity index (χ3n) is 2.93. The van der Waals surface area contributed by atoms with Crippen LogP contribution in [0.15, 0.2) is 35.4 Å². The molecule has 1 N–H and O–H groups in total. The van der Waals surface area contributed by atoms with Crippen LogP contribution in [0.25, 0.3) is 0 Å². The third-order valence-corrected chi connectivity index (χ3v) is 2.93. The minimum Gasteiger partial charge on any atom is -0.459 e. The summed E-state index contributed by atoms with van der Waals surface area (Å²) in [4.78, 5) is 33.9. The number of rotatable bonds is 8. The summed E-state index contributed by atoms with van der Waals surface area (Å²) in [7, 11) is 0. The van der Waals surface area contributed by atoms with Crippen LogP contribution in [0.1, 0.15) is 27.7 Å². The molecule has 1 aromatic rings. The number of anilines is 1. The number of ether oxygens (including phenoxy) is 3. The first-order valence-corrected chi connectivity index (χ1v) is 7.65. The second-order valence-electron chi connectivity index (χ2n) is 5.22. The fourth-order valence-corrected chi connectivity index (χ4v) is 2.02. The highest BCUT2D eigenvalue weighted by Gasteiger charge is 2.33. The summed E-state index contributed by atoms with van der Waals surface area (Å²) in [5.41, 5.74) is 3.49. The second-order valence-corrected chi connectivity index (χ2v) is 5.22. The van der Waals surface area contributed by atoms with Crippen molar-refractivity contribution in [2.24, 2.45) is 5.10 Å². The first-order valence-electron chi connectivity index (χ1n) is 7.65. The number of nitrogens with one attached hydrogen (secondary N) is 1. The van der Waals surface area contributed by atoms with E-state index in [1.807, 2.05) is 18.2 Å². The van der Waals surface area contributed by atoms with Crippen LogP contribution in [0.2, 0.25) is 0 Å². The van der Waals surface area contributed by atoms with Crippen molar-refractivity contribution in [3.63, 3.8) is 0 Å². The SMILES string of the molecule is CC(=O)O[C@@H]([C@H](C)OC(C)=O)[C@H](/C=N/Nc1ccccc1)OC(C)=O. The molecule has 0 aliphatic heterocycles. The molecular formula is C17H22N2O6. The van der Waals surface area contributed by atoms with Crippen LogP contribution < -0.4 is 5.43 Å². The number of carbonyl (C=O) groups is 3. The maximum absolute atomic E-state index is 11.4. The average Bonchev–Trinajstić information content (AvgIpc) is 2.51. The lowest BCUT2D eigenvalue weighted by molar-refractivity contribution is -0.175. The number of para-hydroxylation sites is 1. The van der Waals surface area contributed by atoms with E-state index in [2.05, 4.69) is 10.5 Å². The molecule has 8 nitrogen and oxygen atoms in total. The molecule has 0 bridgehead atoms. The van der Waals surface area contributed by atoms with Crippen LogP contribution in [0.5, 0.6) is 0 Å². The largest absolute Gasteiger partial charge is 0.459 e. The monoisotopic (exact) mass is 350 g/mol. The van der Waals surface area contributed by atoms with Crippen molar-refractivity contribution in [1.82, 2.24) is 0 Å². The minimum atomic E-state index is -1.04. The van der Waals surface area contributed by atoms with Gasteiger partial charge in [0.1, 0.15) is 6.10 Å². The lowest BCUT2D eigenvalue weighted by Gasteiger charge is -2.27. The Labute approximate surface area is 146 Å². The fraction of sp³-hybridized carbons (Fsp3) is 0.412. The van der Waals surface area contributed by atoms with Crippen LogP contribution in [-0.2, 0) is 28.6 Å². The fourth-order valence-electron chi connectivity index (χ4n) is 2.02. The van der Waals surface area contributed by atoms with Crippen LogP contribution in [0.4, 0.5) is 5.69 Å². The second kappa shape index (κ2) is 10.1. The maximum Gasteiger partial charge on any atom is 0.303 e. The summed E-state index contributed by atoms with van der Waals surface area (Å²) < 4.78 is 15.4. The summed E-state index contributed by atoms with van der Waals surface area (Å²) >= 11 is 0. The molecule has 0 heterocycles. The number of nitrogens with zero attached hydrogens (tertiary/aromatic N) is 1. The Balaban J connectivity index is 2.94. The molecule has 0 radical (unpaired) electrons. The number of hydrogen-bond acceptors (Lipinski definition) is 8. The molecule has 136 valence electrons. The van der Waals surface area contributed by atoms with Gasteiger partial charge in [-0.2, -0.15) is 5.10 Å². The maximum atomic E-state index is 11.4. The molecule has 0 saturated heterocycles. The number of hydrogen-bond donors (Lipinski definition) is 1. The van der Waals surface area contributed by atoms with Crippen molar-refractivity contribution < 1.29 is 28.6 Å². The third kappa shape index (κ3) is 7.96. The topological polar surface area (TPSA) is 103 Å². The Morgan fingerprint density at radius 3 is 2.04 bits per heavy atom. The molecule has 0 aliphatic rings. The predicted octanol–water partition coefficient (Wildman–Crippen LogP) is 1.90. The van der Waals surface area contributed by atoms with Crippen LogP contribution >= 0.6 is 0 Å². The molecule has 0 fully saturated rings. The van der Waals surface area contributed by atoms with Gasteiger partial charge in [-0.1, -0.05) is 18.2 Å². The Bertz CT molecular complexity index is 617. The van der Waals surface area contributed by atoms with E-state index in [9.17, 15) is 14.4 Å². The van der Waals surface area contributed by atoms with Gasteiger partial charge < -0.3 is 14.2 Å². The van der Waals surface area contributed by atoms with Crippen molar-refractivity contribution in [3.8, 4) is 0 Å². The highest BCUT2D eigenvalue weighted by molar-refractivity contribution is 5.74. The van der Waals surface area contributed by atoms with Gasteiger partial charge >= 0.3 is 17.9 Å². The van der Waals surface area contributed by atoms with Gasteiger partial charge in [0.05, 0.1) is 11.9 Å². The van der Waals surface area contributed by atoms with Gasteiger partial charge in [0.25, 0.3) is 0 Å². The van der Waals surface area contributed by atoms with Crippen molar-refractivity contribution >= 4 is 29.8 Å². The van der Waals surface area contributed by atoms with Crippen LogP contribution in [-0.4, -0.2) is 42.4 Å². The lowest BCUT2D eigenvalue weighted by atomic mass is 10.1. The molecule has 0 spiro atoms. The lowest BCUT2D eigenvalue weighted by Crippen LogP contribution is -2.44. The number of esters is 3. The summed E-state index contributed by atoms with van der Waals surface area (Å²) in [5.74, 6) is -1.75. The van der Waals surface area contributed by atoms with Gasteiger partial charge in [-0.3, -0.25) is 19.8 Å².